The van der Waals surface area contributed by atoms with Crippen LogP contribution in [0.4, 0.5) is 10.5 Å². The van der Waals surface area contributed by atoms with E-state index in [0.717, 1.165) is 19.3 Å². The van der Waals surface area contributed by atoms with Gasteiger partial charge in [0.25, 0.3) is 0 Å². The Morgan fingerprint density at radius 1 is 1.45 bits per heavy atom. The molecular weight excluding hydrogens is 280 g/mol. The van der Waals surface area contributed by atoms with Gasteiger partial charge in [0.1, 0.15) is 5.75 Å². The molecule has 0 unspecified atom stereocenters. The Kier molecular flexibility index (Phi) is 5.09. The van der Waals surface area contributed by atoms with Crippen molar-refractivity contribution in [2.75, 3.05) is 12.4 Å². The number of halogens is 1. The van der Waals surface area contributed by atoms with Crippen LogP contribution in [0.25, 0.3) is 0 Å². The summed E-state index contributed by atoms with van der Waals surface area (Å²) in [7, 11) is 1.53. The number of anilines is 1. The predicted octanol–water partition coefficient (Wildman–Crippen LogP) is 2.77. The van der Waals surface area contributed by atoms with Gasteiger partial charge in [-0.2, -0.15) is 0 Å². The zero-order valence-electron chi connectivity index (χ0n) is 11.4. The van der Waals surface area contributed by atoms with Crippen molar-refractivity contribution in [3.05, 3.63) is 23.2 Å². The second-order valence-electron chi connectivity index (χ2n) is 4.96. The Labute approximate surface area is 123 Å². The average molecular weight is 299 g/mol. The van der Waals surface area contributed by atoms with Gasteiger partial charge < -0.3 is 20.5 Å². The number of amides is 2. The summed E-state index contributed by atoms with van der Waals surface area (Å²) < 4.78 is 5.17. The molecule has 6 heteroatoms. The summed E-state index contributed by atoms with van der Waals surface area (Å²) in [5, 5.41) is 15.7. The van der Waals surface area contributed by atoms with E-state index in [1.807, 2.05) is 0 Å². The maximum Gasteiger partial charge on any atom is 0.319 e. The molecule has 0 spiro atoms. The lowest BCUT2D eigenvalue weighted by atomic mass is 9.93. The number of nitrogens with one attached hydrogen (secondary N) is 2. The van der Waals surface area contributed by atoms with Gasteiger partial charge in [-0.05, 0) is 43.9 Å². The standard InChI is InChI=1S/C14H19ClN2O3/c1-20-13-6-5-9(15)7-12(13)17-14(19)16-10-3-2-4-11(18)8-10/h5-7,10-11,18H,2-4,8H2,1H3,(H2,16,17,19)/t10-,11+/m1/s1. The first kappa shape index (κ1) is 14.9. The van der Waals surface area contributed by atoms with Crippen molar-refractivity contribution in [2.45, 2.75) is 37.8 Å². The van der Waals surface area contributed by atoms with Gasteiger partial charge in [-0.1, -0.05) is 11.6 Å². The molecule has 5 nitrogen and oxygen atoms in total. The molecule has 1 aliphatic carbocycles. The molecule has 0 saturated heterocycles. The van der Waals surface area contributed by atoms with Crippen molar-refractivity contribution in [1.82, 2.24) is 5.32 Å². The van der Waals surface area contributed by atoms with Gasteiger partial charge in [0.15, 0.2) is 0 Å². The fourth-order valence-electron chi connectivity index (χ4n) is 2.42. The van der Waals surface area contributed by atoms with Crippen LogP contribution in [0.2, 0.25) is 5.02 Å². The highest BCUT2D eigenvalue weighted by Crippen LogP contribution is 2.27. The first-order chi connectivity index (χ1) is 9.58. The number of rotatable bonds is 3. The van der Waals surface area contributed by atoms with Crippen LogP contribution >= 0.6 is 11.6 Å². The fourth-order valence-corrected chi connectivity index (χ4v) is 2.59. The Morgan fingerprint density at radius 3 is 2.95 bits per heavy atom. The van der Waals surface area contributed by atoms with Crippen LogP contribution in [-0.2, 0) is 0 Å². The van der Waals surface area contributed by atoms with E-state index >= 15 is 0 Å². The first-order valence-corrected chi connectivity index (χ1v) is 7.05. The number of aliphatic hydroxyl groups is 1. The van der Waals surface area contributed by atoms with Gasteiger partial charge in [-0.25, -0.2) is 4.79 Å². The number of methoxy groups -OCH3 is 1. The van der Waals surface area contributed by atoms with E-state index in [2.05, 4.69) is 10.6 Å². The van der Waals surface area contributed by atoms with Crippen molar-refractivity contribution >= 4 is 23.3 Å². The molecule has 0 radical (unpaired) electrons. The molecule has 3 N–H and O–H groups in total. The quantitative estimate of drug-likeness (QED) is 0.803. The lowest BCUT2D eigenvalue weighted by Crippen LogP contribution is -2.41. The van der Waals surface area contributed by atoms with Gasteiger partial charge in [-0.3, -0.25) is 0 Å². The van der Waals surface area contributed by atoms with E-state index in [4.69, 9.17) is 16.3 Å². The number of hydrogen-bond acceptors (Lipinski definition) is 3. The highest BCUT2D eigenvalue weighted by molar-refractivity contribution is 6.31. The zero-order chi connectivity index (χ0) is 14.5. The number of carbonyl (C=O) groups is 1. The molecule has 2 atom stereocenters. The second-order valence-corrected chi connectivity index (χ2v) is 5.40. The van der Waals surface area contributed by atoms with Crippen LogP contribution in [0.1, 0.15) is 25.7 Å². The number of carbonyl (C=O) groups excluding carboxylic acids is 1. The zero-order valence-corrected chi connectivity index (χ0v) is 12.1. The molecule has 1 aromatic carbocycles. The number of aliphatic hydroxyl groups excluding tert-OH is 1. The van der Waals surface area contributed by atoms with Crippen LogP contribution in [0, 0.1) is 0 Å². The van der Waals surface area contributed by atoms with Gasteiger partial charge in [0.2, 0.25) is 0 Å². The van der Waals surface area contributed by atoms with Crippen LogP contribution in [0.3, 0.4) is 0 Å². The SMILES string of the molecule is COc1ccc(Cl)cc1NC(=O)N[C@@H]1CCC[C@H](O)C1. The minimum absolute atomic E-state index is 0.00364. The molecule has 0 bridgehead atoms. The van der Waals surface area contributed by atoms with Crippen LogP contribution in [0.5, 0.6) is 5.75 Å². The largest absolute Gasteiger partial charge is 0.495 e. The number of hydrogen-bond donors (Lipinski definition) is 3. The van der Waals surface area contributed by atoms with E-state index in [1.165, 1.54) is 7.11 Å². The first-order valence-electron chi connectivity index (χ1n) is 6.67. The Hall–Kier alpha value is -1.46. The van der Waals surface area contributed by atoms with Crippen molar-refractivity contribution in [3.8, 4) is 5.75 Å². The summed E-state index contributed by atoms with van der Waals surface area (Å²) >= 11 is 5.91. The van der Waals surface area contributed by atoms with Crippen molar-refractivity contribution in [3.63, 3.8) is 0 Å². The van der Waals surface area contributed by atoms with Crippen LogP contribution in [0.15, 0.2) is 18.2 Å². The normalized spacial score (nSPS) is 22.1. The van der Waals surface area contributed by atoms with Crippen LogP contribution in [-0.4, -0.2) is 30.4 Å². The third-order valence-corrected chi connectivity index (χ3v) is 3.63. The Morgan fingerprint density at radius 2 is 2.25 bits per heavy atom. The van der Waals surface area contributed by atoms with Gasteiger partial charge >= 0.3 is 6.03 Å². The minimum atomic E-state index is -0.324. The van der Waals surface area contributed by atoms with Gasteiger partial charge in [0.05, 0.1) is 18.9 Å². The summed E-state index contributed by atoms with van der Waals surface area (Å²) in [5.74, 6) is 0.549. The molecular formula is C14H19ClN2O3. The third kappa shape index (κ3) is 4.02. The molecule has 0 aliphatic heterocycles. The number of ether oxygens (including phenoxy) is 1. The molecule has 0 aromatic heterocycles. The topological polar surface area (TPSA) is 70.6 Å². The predicted molar refractivity (Wildman–Crippen MR) is 78.4 cm³/mol. The van der Waals surface area contributed by atoms with E-state index < -0.39 is 0 Å². The summed E-state index contributed by atoms with van der Waals surface area (Å²) in [4.78, 5) is 12.0. The molecule has 1 aliphatic rings. The molecule has 20 heavy (non-hydrogen) atoms. The molecule has 0 heterocycles. The average Bonchev–Trinajstić information content (AvgIpc) is 2.38. The molecule has 2 amide bonds. The van der Waals surface area contributed by atoms with E-state index in [0.29, 0.717) is 22.9 Å². The highest BCUT2D eigenvalue weighted by atomic mass is 35.5. The summed E-state index contributed by atoms with van der Waals surface area (Å²) in [6.07, 6.45) is 2.89. The van der Waals surface area contributed by atoms with Crippen molar-refractivity contribution < 1.29 is 14.6 Å². The molecule has 110 valence electrons. The second kappa shape index (κ2) is 6.81. The van der Waals surface area contributed by atoms with Gasteiger partial charge in [-0.15, -0.1) is 0 Å². The van der Waals surface area contributed by atoms with E-state index in [9.17, 15) is 9.90 Å². The summed E-state index contributed by atoms with van der Waals surface area (Å²) in [5.41, 5.74) is 0.522. The maximum absolute atomic E-state index is 12.0. The van der Waals surface area contributed by atoms with E-state index in [-0.39, 0.29) is 18.2 Å². The monoisotopic (exact) mass is 298 g/mol. The van der Waals surface area contributed by atoms with Crippen molar-refractivity contribution in [1.29, 1.82) is 0 Å². The lowest BCUT2D eigenvalue weighted by Gasteiger charge is -2.26. The lowest BCUT2D eigenvalue weighted by molar-refractivity contribution is 0.114. The minimum Gasteiger partial charge on any atom is -0.495 e. The van der Waals surface area contributed by atoms with Gasteiger partial charge in [0, 0.05) is 11.1 Å². The molecule has 2 rings (SSSR count). The Bertz CT molecular complexity index is 481. The fraction of sp³-hybridized carbons (Fsp3) is 0.500. The number of urea groups is 1. The summed E-state index contributed by atoms with van der Waals surface area (Å²) in [6.45, 7) is 0. The highest BCUT2D eigenvalue weighted by Gasteiger charge is 2.21. The maximum atomic E-state index is 12.0. The molecule has 1 fully saturated rings. The number of benzene rings is 1. The molecule has 1 aromatic rings. The molecule has 1 saturated carbocycles. The Balaban J connectivity index is 1.95. The third-order valence-electron chi connectivity index (χ3n) is 3.39. The van der Waals surface area contributed by atoms with Crippen LogP contribution < -0.4 is 15.4 Å². The van der Waals surface area contributed by atoms with E-state index in [1.54, 1.807) is 18.2 Å². The smallest absolute Gasteiger partial charge is 0.319 e. The van der Waals surface area contributed by atoms with Crippen molar-refractivity contribution in [2.24, 2.45) is 0 Å². The summed E-state index contributed by atoms with van der Waals surface area (Å²) in [6, 6.07) is 4.72.